The number of benzene rings is 1. The molecule has 0 saturated carbocycles. The van der Waals surface area contributed by atoms with Crippen molar-refractivity contribution >= 4 is 11.6 Å². The molecule has 0 radical (unpaired) electrons. The van der Waals surface area contributed by atoms with Gasteiger partial charge >= 0.3 is 0 Å². The van der Waals surface area contributed by atoms with Crippen molar-refractivity contribution in [3.63, 3.8) is 0 Å². The molecule has 128 valence electrons. The number of phenolic OH excluding ortho intramolecular Hbond substituents is 1. The summed E-state index contributed by atoms with van der Waals surface area (Å²) in [6.45, 7) is 3.86. The molecule has 0 unspecified atom stereocenters. The number of hydrogen-bond acceptors (Lipinski definition) is 5. The summed E-state index contributed by atoms with van der Waals surface area (Å²) in [5.74, 6) is 0.890. The topological polar surface area (TPSA) is 56.7 Å². The van der Waals surface area contributed by atoms with Crippen molar-refractivity contribution in [3.8, 4) is 5.75 Å². The van der Waals surface area contributed by atoms with Crippen LogP contribution in [0.1, 0.15) is 22.3 Å². The van der Waals surface area contributed by atoms with Gasteiger partial charge in [0.1, 0.15) is 11.6 Å². The van der Waals surface area contributed by atoms with Crippen molar-refractivity contribution in [2.45, 2.75) is 25.4 Å². The first-order valence-electron chi connectivity index (χ1n) is 8.57. The fourth-order valence-electron chi connectivity index (χ4n) is 3.73. The summed E-state index contributed by atoms with van der Waals surface area (Å²) in [6, 6.07) is 11.7. The summed E-state index contributed by atoms with van der Waals surface area (Å²) >= 11 is 0. The molecule has 2 fully saturated rings. The molecular weight excluding hydrogens is 314 g/mol. The van der Waals surface area contributed by atoms with E-state index in [0.717, 1.165) is 25.3 Å². The Labute approximate surface area is 147 Å². The van der Waals surface area contributed by atoms with Crippen LogP contribution in [0.5, 0.6) is 5.75 Å². The summed E-state index contributed by atoms with van der Waals surface area (Å²) in [5, 5.41) is 9.78. The molecule has 1 aromatic carbocycles. The third-order valence-corrected chi connectivity index (χ3v) is 5.06. The Kier molecular flexibility index (Phi) is 3.92. The number of carbonyl (C=O) groups is 1. The Morgan fingerprint density at radius 3 is 2.72 bits per heavy atom. The van der Waals surface area contributed by atoms with Crippen molar-refractivity contribution in [1.29, 1.82) is 0 Å². The van der Waals surface area contributed by atoms with Gasteiger partial charge in [-0.25, -0.2) is 4.98 Å². The minimum absolute atomic E-state index is 0.0247. The summed E-state index contributed by atoms with van der Waals surface area (Å²) in [4.78, 5) is 21.4. The quantitative estimate of drug-likeness (QED) is 0.688. The molecule has 25 heavy (non-hydrogen) atoms. The zero-order chi connectivity index (χ0) is 17.4. The molecule has 5 nitrogen and oxygen atoms in total. The molecule has 3 heterocycles. The van der Waals surface area contributed by atoms with Gasteiger partial charge in [0.15, 0.2) is 5.78 Å². The van der Waals surface area contributed by atoms with Crippen LogP contribution in [-0.4, -0.2) is 45.9 Å². The molecule has 2 atom stereocenters. The van der Waals surface area contributed by atoms with E-state index in [1.54, 1.807) is 24.3 Å². The first-order chi connectivity index (χ1) is 12.1. The van der Waals surface area contributed by atoms with Gasteiger partial charge in [-0.3, -0.25) is 4.79 Å². The van der Waals surface area contributed by atoms with Gasteiger partial charge in [0.25, 0.3) is 0 Å². The highest BCUT2D eigenvalue weighted by atomic mass is 16.3. The maximum Gasteiger partial charge on any atom is 0.190 e. The molecule has 1 aromatic heterocycles. The number of allylic oxidation sites excluding steroid dienone is 1. The number of anilines is 1. The number of rotatable bonds is 4. The maximum absolute atomic E-state index is 12.3. The molecule has 5 heteroatoms. The van der Waals surface area contributed by atoms with Gasteiger partial charge in [-0.1, -0.05) is 18.2 Å². The number of hydrogen-bond donors (Lipinski definition) is 1. The van der Waals surface area contributed by atoms with E-state index >= 15 is 0 Å². The van der Waals surface area contributed by atoms with Crippen LogP contribution in [-0.2, 0) is 0 Å². The van der Waals surface area contributed by atoms with E-state index in [0.29, 0.717) is 17.6 Å². The standard InChI is InChI=1S/C20H21N3O2/c1-14-6-7-20(21-11-14)23-13-15-10-16(23)12-22(15)9-8-19(25)17-4-2-3-5-18(17)24/h2-9,11,15-16,24H,10,12-13H2,1H3/b9-8+/t15-,16-/m1/s1. The number of aromatic hydroxyl groups is 1. The number of nitrogens with zero attached hydrogens (tertiary/aromatic N) is 3. The Hall–Kier alpha value is -2.82. The highest BCUT2D eigenvalue weighted by Crippen LogP contribution is 2.33. The van der Waals surface area contributed by atoms with Crippen LogP contribution >= 0.6 is 0 Å². The maximum atomic E-state index is 12.3. The largest absolute Gasteiger partial charge is 0.507 e. The van der Waals surface area contributed by atoms with Crippen LogP contribution < -0.4 is 4.90 Å². The van der Waals surface area contributed by atoms with Crippen LogP contribution in [0.2, 0.25) is 0 Å². The third-order valence-electron chi connectivity index (χ3n) is 5.06. The van der Waals surface area contributed by atoms with Crippen molar-refractivity contribution in [2.75, 3.05) is 18.0 Å². The van der Waals surface area contributed by atoms with Crippen LogP contribution in [0, 0.1) is 6.92 Å². The number of likely N-dealkylation sites (tertiary alicyclic amines) is 1. The average Bonchev–Trinajstić information content (AvgIpc) is 3.21. The van der Waals surface area contributed by atoms with E-state index in [1.165, 1.54) is 11.6 Å². The van der Waals surface area contributed by atoms with Crippen LogP contribution in [0.4, 0.5) is 5.82 Å². The smallest absolute Gasteiger partial charge is 0.190 e. The van der Waals surface area contributed by atoms with E-state index in [-0.39, 0.29) is 11.5 Å². The van der Waals surface area contributed by atoms with Crippen LogP contribution in [0.15, 0.2) is 54.9 Å². The van der Waals surface area contributed by atoms with Gasteiger partial charge < -0.3 is 14.9 Å². The fourth-order valence-corrected chi connectivity index (χ4v) is 3.73. The third kappa shape index (κ3) is 2.97. The number of ketones is 1. The number of para-hydroxylation sites is 1. The fraction of sp³-hybridized carbons (Fsp3) is 0.300. The van der Waals surface area contributed by atoms with Crippen LogP contribution in [0.3, 0.4) is 0 Å². The normalized spacial score (nSPS) is 22.1. The molecule has 2 bridgehead atoms. The minimum Gasteiger partial charge on any atom is -0.507 e. The van der Waals surface area contributed by atoms with Gasteiger partial charge in [-0.15, -0.1) is 0 Å². The lowest BCUT2D eigenvalue weighted by molar-refractivity contribution is 0.104. The Bertz CT molecular complexity index is 816. The Morgan fingerprint density at radius 1 is 1.20 bits per heavy atom. The molecule has 2 saturated heterocycles. The molecule has 2 aromatic rings. The van der Waals surface area contributed by atoms with Crippen molar-refractivity contribution in [2.24, 2.45) is 0 Å². The lowest BCUT2D eigenvalue weighted by Gasteiger charge is -2.34. The monoisotopic (exact) mass is 335 g/mol. The molecular formula is C20H21N3O2. The second-order valence-electron chi connectivity index (χ2n) is 6.78. The highest BCUT2D eigenvalue weighted by Gasteiger charge is 2.42. The van der Waals surface area contributed by atoms with Crippen molar-refractivity contribution in [1.82, 2.24) is 9.88 Å². The second-order valence-corrected chi connectivity index (χ2v) is 6.78. The number of aromatic nitrogens is 1. The highest BCUT2D eigenvalue weighted by molar-refractivity contribution is 6.06. The van der Waals surface area contributed by atoms with Gasteiger partial charge in [0.2, 0.25) is 0 Å². The lowest BCUT2D eigenvalue weighted by atomic mass is 10.1. The molecule has 4 rings (SSSR count). The molecule has 0 spiro atoms. The lowest BCUT2D eigenvalue weighted by Crippen LogP contribution is -2.44. The average molecular weight is 335 g/mol. The second kappa shape index (κ2) is 6.24. The predicted octanol–water partition coefficient (Wildman–Crippen LogP) is 2.76. The van der Waals surface area contributed by atoms with E-state index < -0.39 is 0 Å². The molecule has 2 aliphatic rings. The number of phenols is 1. The number of fused-ring (bicyclic) bond motifs is 2. The zero-order valence-electron chi connectivity index (χ0n) is 14.2. The molecule has 2 aliphatic heterocycles. The number of pyridine rings is 1. The Morgan fingerprint density at radius 2 is 2.04 bits per heavy atom. The summed E-state index contributed by atoms with van der Waals surface area (Å²) < 4.78 is 0. The summed E-state index contributed by atoms with van der Waals surface area (Å²) in [7, 11) is 0. The predicted molar refractivity (Wildman–Crippen MR) is 96.8 cm³/mol. The molecule has 1 N–H and O–H groups in total. The SMILES string of the molecule is Cc1ccc(N2C[C@H]3C[C@@H]2CN3/C=C/C(=O)c2ccccc2O)nc1. The van der Waals surface area contributed by atoms with Gasteiger partial charge in [0.05, 0.1) is 5.56 Å². The number of piperazine rings is 1. The van der Waals surface area contributed by atoms with Crippen LogP contribution in [0.25, 0.3) is 0 Å². The van der Waals surface area contributed by atoms with Gasteiger partial charge in [-0.05, 0) is 37.1 Å². The number of aryl methyl sites for hydroxylation is 1. The van der Waals surface area contributed by atoms with E-state index in [2.05, 4.69) is 26.9 Å². The van der Waals surface area contributed by atoms with Crippen molar-refractivity contribution < 1.29 is 9.90 Å². The minimum atomic E-state index is -0.169. The van der Waals surface area contributed by atoms with E-state index in [4.69, 9.17) is 0 Å². The van der Waals surface area contributed by atoms with E-state index in [1.807, 2.05) is 19.3 Å². The summed E-state index contributed by atoms with van der Waals surface area (Å²) in [6.07, 6.45) is 6.43. The first-order valence-corrected chi connectivity index (χ1v) is 8.57. The Balaban J connectivity index is 1.42. The van der Waals surface area contributed by atoms with E-state index in [9.17, 15) is 9.90 Å². The van der Waals surface area contributed by atoms with Gasteiger partial charge in [-0.2, -0.15) is 0 Å². The van der Waals surface area contributed by atoms with Gasteiger partial charge in [0, 0.05) is 43.6 Å². The number of carbonyl (C=O) groups excluding carboxylic acids is 1. The van der Waals surface area contributed by atoms with Crippen molar-refractivity contribution in [3.05, 3.63) is 66.0 Å². The first kappa shape index (κ1) is 15.7. The summed E-state index contributed by atoms with van der Waals surface area (Å²) in [5.41, 5.74) is 1.51. The zero-order valence-corrected chi connectivity index (χ0v) is 14.2. The molecule has 0 amide bonds. The molecule has 0 aliphatic carbocycles.